The highest BCUT2D eigenvalue weighted by Gasteiger charge is 2.20. The first-order valence-electron chi connectivity index (χ1n) is 3.87. The zero-order chi connectivity index (χ0) is 10.6. The van der Waals surface area contributed by atoms with Crippen LogP contribution in [-0.2, 0) is 15.6 Å². The van der Waals surface area contributed by atoms with E-state index in [2.05, 4.69) is 22.4 Å². The van der Waals surface area contributed by atoms with Gasteiger partial charge in [-0.2, -0.15) is 0 Å². The molecule has 0 aliphatic heterocycles. The lowest BCUT2D eigenvalue weighted by Crippen LogP contribution is -2.16. The monoisotopic (exact) mass is 247 g/mol. The Kier molecular flexibility index (Phi) is 3.95. The summed E-state index contributed by atoms with van der Waals surface area (Å²) < 4.78 is 23.2. The summed E-state index contributed by atoms with van der Waals surface area (Å²) >= 11 is 5.78. The number of thiophene rings is 1. The van der Waals surface area contributed by atoms with Crippen molar-refractivity contribution >= 4 is 38.6 Å². The second-order valence-electron chi connectivity index (χ2n) is 2.71. The average molecular weight is 247 g/mol. The normalized spacial score (nSPS) is 13.2. The predicted molar refractivity (Wildman–Crippen MR) is 61.4 cm³/mol. The molecular formula is C8H9NO2S3. The van der Waals surface area contributed by atoms with Gasteiger partial charge in [0, 0.05) is 4.88 Å². The summed E-state index contributed by atoms with van der Waals surface area (Å²) in [5, 5.41) is 3.13. The van der Waals surface area contributed by atoms with E-state index in [4.69, 9.17) is 0 Å². The lowest BCUT2D eigenvalue weighted by atomic mass is 10.5. The van der Waals surface area contributed by atoms with Crippen LogP contribution in [0.5, 0.6) is 0 Å². The number of sulfone groups is 1. The SMILES string of the molecule is CC(N=C=S)S(=O)(=O)Cc1cccs1. The van der Waals surface area contributed by atoms with Crippen LogP contribution in [0.2, 0.25) is 0 Å². The molecule has 1 aromatic rings. The van der Waals surface area contributed by atoms with Crippen molar-refractivity contribution in [1.82, 2.24) is 0 Å². The van der Waals surface area contributed by atoms with Gasteiger partial charge in [-0.3, -0.25) is 0 Å². The van der Waals surface area contributed by atoms with Gasteiger partial charge in [0.25, 0.3) is 0 Å². The Balaban J connectivity index is 2.82. The van der Waals surface area contributed by atoms with E-state index in [0.717, 1.165) is 4.88 Å². The van der Waals surface area contributed by atoms with E-state index in [0.29, 0.717) is 0 Å². The third-order valence-electron chi connectivity index (χ3n) is 1.68. The van der Waals surface area contributed by atoms with Gasteiger partial charge in [-0.1, -0.05) is 6.07 Å². The Morgan fingerprint density at radius 3 is 2.93 bits per heavy atom. The molecule has 1 unspecified atom stereocenters. The van der Waals surface area contributed by atoms with Gasteiger partial charge in [-0.05, 0) is 30.6 Å². The minimum absolute atomic E-state index is 0.0202. The maximum atomic E-state index is 11.6. The first-order chi connectivity index (χ1) is 6.56. The molecule has 14 heavy (non-hydrogen) atoms. The average Bonchev–Trinajstić information content (AvgIpc) is 2.56. The molecule has 1 rings (SSSR count). The van der Waals surface area contributed by atoms with Gasteiger partial charge in [-0.15, -0.1) is 11.3 Å². The van der Waals surface area contributed by atoms with Crippen LogP contribution in [0.4, 0.5) is 0 Å². The summed E-state index contributed by atoms with van der Waals surface area (Å²) in [6.45, 7) is 1.50. The van der Waals surface area contributed by atoms with Crippen LogP contribution in [0.1, 0.15) is 11.8 Å². The van der Waals surface area contributed by atoms with Crippen LogP contribution in [0.15, 0.2) is 22.5 Å². The Hall–Kier alpha value is -0.550. The van der Waals surface area contributed by atoms with Gasteiger partial charge in [0.2, 0.25) is 0 Å². The van der Waals surface area contributed by atoms with Gasteiger partial charge in [-0.25, -0.2) is 13.4 Å². The summed E-state index contributed by atoms with van der Waals surface area (Å²) in [7, 11) is -3.23. The second-order valence-corrected chi connectivity index (χ2v) is 6.22. The third-order valence-corrected chi connectivity index (χ3v) is 4.70. The number of isothiocyanates is 1. The van der Waals surface area contributed by atoms with Crippen LogP contribution < -0.4 is 0 Å². The van der Waals surface area contributed by atoms with Crippen molar-refractivity contribution < 1.29 is 8.42 Å². The molecule has 0 aliphatic rings. The van der Waals surface area contributed by atoms with E-state index in [-0.39, 0.29) is 5.75 Å². The molecule has 0 amide bonds. The molecule has 0 saturated carbocycles. The summed E-state index contributed by atoms with van der Waals surface area (Å²) in [4.78, 5) is 4.37. The van der Waals surface area contributed by atoms with Crippen LogP contribution in [0.3, 0.4) is 0 Å². The van der Waals surface area contributed by atoms with Crippen LogP contribution >= 0.6 is 23.6 Å². The van der Waals surface area contributed by atoms with Crippen molar-refractivity contribution in [3.8, 4) is 0 Å². The molecule has 0 aliphatic carbocycles. The minimum atomic E-state index is -3.23. The van der Waals surface area contributed by atoms with E-state index < -0.39 is 15.2 Å². The Labute approximate surface area is 92.4 Å². The van der Waals surface area contributed by atoms with Crippen LogP contribution in [0.25, 0.3) is 0 Å². The maximum absolute atomic E-state index is 11.6. The molecule has 1 aromatic heterocycles. The fraction of sp³-hybridized carbons (Fsp3) is 0.375. The highest BCUT2D eigenvalue weighted by molar-refractivity contribution is 7.91. The first kappa shape index (κ1) is 11.5. The Morgan fingerprint density at radius 1 is 1.71 bits per heavy atom. The molecule has 0 bridgehead atoms. The largest absolute Gasteiger partial charge is 0.226 e. The third kappa shape index (κ3) is 2.99. The Bertz CT molecular complexity index is 429. The molecule has 0 aromatic carbocycles. The number of thiocarbonyl (C=S) groups is 1. The molecule has 0 spiro atoms. The molecule has 0 radical (unpaired) electrons. The summed E-state index contributed by atoms with van der Waals surface area (Å²) in [6, 6.07) is 3.61. The van der Waals surface area contributed by atoms with Gasteiger partial charge in [0.15, 0.2) is 15.2 Å². The van der Waals surface area contributed by atoms with E-state index >= 15 is 0 Å². The highest BCUT2D eigenvalue weighted by Crippen LogP contribution is 2.16. The van der Waals surface area contributed by atoms with Crippen molar-refractivity contribution in [3.63, 3.8) is 0 Å². The zero-order valence-electron chi connectivity index (χ0n) is 7.50. The Morgan fingerprint density at radius 2 is 2.43 bits per heavy atom. The van der Waals surface area contributed by atoms with Gasteiger partial charge in [0.1, 0.15) is 0 Å². The number of rotatable bonds is 4. The minimum Gasteiger partial charge on any atom is -0.226 e. The number of aliphatic imine (C=N–C) groups is 1. The van der Waals surface area contributed by atoms with Crippen LogP contribution in [0, 0.1) is 0 Å². The van der Waals surface area contributed by atoms with Crippen molar-refractivity contribution in [2.24, 2.45) is 4.99 Å². The maximum Gasteiger partial charge on any atom is 0.178 e. The molecule has 0 fully saturated rings. The van der Waals surface area contributed by atoms with Gasteiger partial charge < -0.3 is 0 Å². The second kappa shape index (κ2) is 4.79. The molecule has 76 valence electrons. The van der Waals surface area contributed by atoms with E-state index in [1.807, 2.05) is 11.4 Å². The van der Waals surface area contributed by atoms with E-state index in [1.165, 1.54) is 18.3 Å². The summed E-state index contributed by atoms with van der Waals surface area (Å²) in [5.41, 5.74) is 0. The number of hydrogen-bond acceptors (Lipinski definition) is 5. The standard InChI is InChI=1S/C8H9NO2S3/c1-7(9-6-12)14(10,11)5-8-3-2-4-13-8/h2-4,7H,5H2,1H3. The first-order valence-corrected chi connectivity index (χ1v) is 6.87. The number of hydrogen-bond donors (Lipinski definition) is 0. The van der Waals surface area contributed by atoms with Gasteiger partial charge >= 0.3 is 0 Å². The quantitative estimate of drug-likeness (QED) is 0.605. The van der Waals surface area contributed by atoms with Crippen LogP contribution in [-0.4, -0.2) is 19.0 Å². The lowest BCUT2D eigenvalue weighted by Gasteiger charge is -2.04. The summed E-state index contributed by atoms with van der Waals surface area (Å²) in [5.74, 6) is 0.0202. The molecule has 1 heterocycles. The topological polar surface area (TPSA) is 46.5 Å². The molecule has 3 nitrogen and oxygen atoms in total. The van der Waals surface area contributed by atoms with Crippen molar-refractivity contribution in [2.45, 2.75) is 18.1 Å². The summed E-state index contributed by atoms with van der Waals surface area (Å²) in [6.07, 6.45) is 0. The van der Waals surface area contributed by atoms with E-state index in [9.17, 15) is 8.42 Å². The molecule has 0 saturated heterocycles. The smallest absolute Gasteiger partial charge is 0.178 e. The van der Waals surface area contributed by atoms with Crippen molar-refractivity contribution in [3.05, 3.63) is 22.4 Å². The zero-order valence-corrected chi connectivity index (χ0v) is 9.95. The molecule has 1 atom stereocenters. The number of nitrogens with zero attached hydrogens (tertiary/aromatic N) is 1. The fourth-order valence-electron chi connectivity index (χ4n) is 0.868. The van der Waals surface area contributed by atoms with Crippen molar-refractivity contribution in [1.29, 1.82) is 0 Å². The molecule has 0 N–H and O–H groups in total. The lowest BCUT2D eigenvalue weighted by molar-refractivity contribution is 0.585. The van der Waals surface area contributed by atoms with E-state index in [1.54, 1.807) is 6.07 Å². The fourth-order valence-corrected chi connectivity index (χ4v) is 3.29. The van der Waals surface area contributed by atoms with Gasteiger partial charge in [0.05, 0.1) is 10.9 Å². The molecule has 6 heteroatoms. The van der Waals surface area contributed by atoms with Crippen molar-refractivity contribution in [2.75, 3.05) is 0 Å². The predicted octanol–water partition coefficient (Wildman–Crippen LogP) is 2.11. The highest BCUT2D eigenvalue weighted by atomic mass is 32.2. The molecular weight excluding hydrogens is 238 g/mol.